The molecule has 0 aliphatic heterocycles. The Labute approximate surface area is 101 Å². The van der Waals surface area contributed by atoms with Crippen molar-refractivity contribution in [3.63, 3.8) is 0 Å². The molecule has 0 saturated heterocycles. The van der Waals surface area contributed by atoms with E-state index < -0.39 is 0 Å². The summed E-state index contributed by atoms with van der Waals surface area (Å²) in [6.07, 6.45) is 12.2. The largest absolute Gasteiger partial charge is 0.299 e. The lowest BCUT2D eigenvalue weighted by Gasteiger charge is -2.22. The molecule has 1 aliphatic carbocycles. The molecule has 0 bridgehead atoms. The first-order valence-corrected chi connectivity index (χ1v) is 7.30. The van der Waals surface area contributed by atoms with Crippen LogP contribution >= 0.6 is 0 Å². The van der Waals surface area contributed by atoms with Crippen molar-refractivity contribution in [2.24, 2.45) is 11.8 Å². The van der Waals surface area contributed by atoms with Crippen molar-refractivity contribution < 1.29 is 4.79 Å². The number of ketones is 1. The van der Waals surface area contributed by atoms with Crippen LogP contribution in [0.25, 0.3) is 0 Å². The minimum Gasteiger partial charge on any atom is -0.299 e. The molecule has 0 aromatic heterocycles. The van der Waals surface area contributed by atoms with E-state index in [4.69, 9.17) is 0 Å². The predicted molar refractivity (Wildman–Crippen MR) is 69.5 cm³/mol. The van der Waals surface area contributed by atoms with Gasteiger partial charge in [0.2, 0.25) is 0 Å². The Bertz CT molecular complexity index is 198. The first kappa shape index (κ1) is 13.7. The summed E-state index contributed by atoms with van der Waals surface area (Å²) in [6.45, 7) is 4.56. The maximum absolute atomic E-state index is 11.7. The smallest absolute Gasteiger partial charge is 0.135 e. The van der Waals surface area contributed by atoms with Gasteiger partial charge in [0.05, 0.1) is 0 Å². The molecule has 0 heterocycles. The third-order valence-corrected chi connectivity index (χ3v) is 4.15. The van der Waals surface area contributed by atoms with Gasteiger partial charge in [-0.2, -0.15) is 0 Å². The van der Waals surface area contributed by atoms with Crippen molar-refractivity contribution in [1.29, 1.82) is 0 Å². The zero-order chi connectivity index (χ0) is 11.8. The van der Waals surface area contributed by atoms with Crippen LogP contribution in [0.2, 0.25) is 0 Å². The SMILES string of the molecule is CCCCC(CC)CCC1CCCCC1=O. The lowest BCUT2D eigenvalue weighted by atomic mass is 9.82. The van der Waals surface area contributed by atoms with E-state index >= 15 is 0 Å². The molecule has 0 spiro atoms. The zero-order valence-corrected chi connectivity index (χ0v) is 11.1. The maximum atomic E-state index is 11.7. The zero-order valence-electron chi connectivity index (χ0n) is 11.1. The van der Waals surface area contributed by atoms with Crippen LogP contribution in [0, 0.1) is 11.8 Å². The first-order chi connectivity index (χ1) is 7.77. The van der Waals surface area contributed by atoms with Crippen molar-refractivity contribution in [2.45, 2.75) is 78.1 Å². The third kappa shape index (κ3) is 4.67. The van der Waals surface area contributed by atoms with Gasteiger partial charge in [0.15, 0.2) is 0 Å². The van der Waals surface area contributed by atoms with Crippen LogP contribution in [0.1, 0.15) is 78.1 Å². The van der Waals surface area contributed by atoms with Gasteiger partial charge < -0.3 is 0 Å². The summed E-state index contributed by atoms with van der Waals surface area (Å²) in [6, 6.07) is 0. The van der Waals surface area contributed by atoms with Gasteiger partial charge in [-0.25, -0.2) is 0 Å². The molecule has 1 saturated carbocycles. The summed E-state index contributed by atoms with van der Waals surface area (Å²) in [5.41, 5.74) is 0. The van der Waals surface area contributed by atoms with E-state index in [2.05, 4.69) is 13.8 Å². The summed E-state index contributed by atoms with van der Waals surface area (Å²) in [5, 5.41) is 0. The Morgan fingerprint density at radius 1 is 1.25 bits per heavy atom. The molecule has 1 fully saturated rings. The van der Waals surface area contributed by atoms with Crippen LogP contribution in [0.4, 0.5) is 0 Å². The Hall–Kier alpha value is -0.330. The van der Waals surface area contributed by atoms with E-state index in [-0.39, 0.29) is 0 Å². The van der Waals surface area contributed by atoms with Crippen LogP contribution in [0.3, 0.4) is 0 Å². The van der Waals surface area contributed by atoms with Crippen LogP contribution < -0.4 is 0 Å². The fourth-order valence-electron chi connectivity index (χ4n) is 2.84. The number of hydrogen-bond donors (Lipinski definition) is 0. The van der Waals surface area contributed by atoms with Crippen LogP contribution in [-0.4, -0.2) is 5.78 Å². The van der Waals surface area contributed by atoms with Gasteiger partial charge in [-0.3, -0.25) is 4.79 Å². The molecule has 0 aromatic carbocycles. The van der Waals surface area contributed by atoms with Gasteiger partial charge in [-0.15, -0.1) is 0 Å². The fraction of sp³-hybridized carbons (Fsp3) is 0.933. The first-order valence-electron chi connectivity index (χ1n) is 7.30. The highest BCUT2D eigenvalue weighted by Gasteiger charge is 2.22. The molecule has 0 aromatic rings. The molecule has 1 rings (SSSR count). The molecule has 0 amide bonds. The minimum atomic E-state index is 0.421. The monoisotopic (exact) mass is 224 g/mol. The Balaban J connectivity index is 2.22. The Morgan fingerprint density at radius 3 is 2.69 bits per heavy atom. The predicted octanol–water partition coefficient (Wildman–Crippen LogP) is 4.74. The number of carbonyl (C=O) groups is 1. The standard InChI is InChI=1S/C15H28O/c1-3-5-8-13(4-2)11-12-14-9-6-7-10-15(14)16/h13-14H,3-12H2,1-2H3. The number of hydrogen-bond acceptors (Lipinski definition) is 1. The molecule has 0 radical (unpaired) electrons. The molecule has 2 unspecified atom stereocenters. The normalized spacial score (nSPS) is 23.4. The van der Waals surface area contributed by atoms with Crippen molar-refractivity contribution in [2.75, 3.05) is 0 Å². The third-order valence-electron chi connectivity index (χ3n) is 4.15. The van der Waals surface area contributed by atoms with Gasteiger partial charge >= 0.3 is 0 Å². The molecule has 94 valence electrons. The number of Topliss-reactive ketones (excluding diaryl/α,β-unsaturated/α-hetero) is 1. The number of unbranched alkanes of at least 4 members (excludes halogenated alkanes) is 1. The highest BCUT2D eigenvalue weighted by molar-refractivity contribution is 5.81. The number of rotatable bonds is 7. The van der Waals surface area contributed by atoms with Crippen molar-refractivity contribution in [1.82, 2.24) is 0 Å². The quantitative estimate of drug-likeness (QED) is 0.610. The van der Waals surface area contributed by atoms with E-state index in [9.17, 15) is 4.79 Å². The van der Waals surface area contributed by atoms with Crippen molar-refractivity contribution in [3.8, 4) is 0 Å². The lowest BCUT2D eigenvalue weighted by molar-refractivity contribution is -0.124. The second-order valence-corrected chi connectivity index (χ2v) is 5.40. The molecule has 1 nitrogen and oxygen atoms in total. The Kier molecular flexibility index (Phi) is 6.75. The van der Waals surface area contributed by atoms with Gasteiger partial charge in [-0.1, -0.05) is 46.0 Å². The summed E-state index contributed by atoms with van der Waals surface area (Å²) in [4.78, 5) is 11.7. The Morgan fingerprint density at radius 2 is 2.06 bits per heavy atom. The van der Waals surface area contributed by atoms with Crippen LogP contribution in [-0.2, 0) is 4.79 Å². The van der Waals surface area contributed by atoms with Crippen LogP contribution in [0.15, 0.2) is 0 Å². The second kappa shape index (κ2) is 7.86. The second-order valence-electron chi connectivity index (χ2n) is 5.40. The molecular weight excluding hydrogens is 196 g/mol. The molecule has 1 aliphatic rings. The summed E-state index contributed by atoms with van der Waals surface area (Å²) in [7, 11) is 0. The van der Waals surface area contributed by atoms with E-state index in [1.54, 1.807) is 0 Å². The maximum Gasteiger partial charge on any atom is 0.135 e. The molecule has 16 heavy (non-hydrogen) atoms. The minimum absolute atomic E-state index is 0.421. The summed E-state index contributed by atoms with van der Waals surface area (Å²) < 4.78 is 0. The average Bonchev–Trinajstić information content (AvgIpc) is 2.31. The molecule has 0 N–H and O–H groups in total. The van der Waals surface area contributed by atoms with Gasteiger partial charge in [-0.05, 0) is 31.6 Å². The van der Waals surface area contributed by atoms with E-state index in [1.807, 2.05) is 0 Å². The van der Waals surface area contributed by atoms with Gasteiger partial charge in [0.25, 0.3) is 0 Å². The number of carbonyl (C=O) groups excluding carboxylic acids is 1. The fourth-order valence-corrected chi connectivity index (χ4v) is 2.84. The van der Waals surface area contributed by atoms with E-state index in [0.29, 0.717) is 11.7 Å². The lowest BCUT2D eigenvalue weighted by Crippen LogP contribution is -2.19. The topological polar surface area (TPSA) is 17.1 Å². The molecule has 2 atom stereocenters. The van der Waals surface area contributed by atoms with Crippen molar-refractivity contribution >= 4 is 5.78 Å². The van der Waals surface area contributed by atoms with E-state index in [1.165, 1.54) is 51.4 Å². The van der Waals surface area contributed by atoms with Crippen molar-refractivity contribution in [3.05, 3.63) is 0 Å². The van der Waals surface area contributed by atoms with Gasteiger partial charge in [0, 0.05) is 12.3 Å². The summed E-state index contributed by atoms with van der Waals surface area (Å²) >= 11 is 0. The van der Waals surface area contributed by atoms with Gasteiger partial charge in [0.1, 0.15) is 5.78 Å². The summed E-state index contributed by atoms with van der Waals surface area (Å²) in [5.74, 6) is 1.84. The highest BCUT2D eigenvalue weighted by atomic mass is 16.1. The molecule has 1 heteroatoms. The van der Waals surface area contributed by atoms with E-state index in [0.717, 1.165) is 18.8 Å². The average molecular weight is 224 g/mol. The van der Waals surface area contributed by atoms with Crippen LogP contribution in [0.5, 0.6) is 0 Å². The highest BCUT2D eigenvalue weighted by Crippen LogP contribution is 2.28. The molecular formula is C15H28O.